The molecule has 0 spiro atoms. The molecule has 0 saturated carbocycles. The minimum absolute atomic E-state index is 0.0172. The largest absolute Gasteiger partial charge is 0.504 e. The number of aromatic hydroxyl groups is 2. The summed E-state index contributed by atoms with van der Waals surface area (Å²) in [6.45, 7) is 0. The highest BCUT2D eigenvalue weighted by molar-refractivity contribution is 6.32. The maximum absolute atomic E-state index is 11.9. The van der Waals surface area contributed by atoms with Crippen LogP contribution in [-0.4, -0.2) is 16.0 Å². The summed E-state index contributed by atoms with van der Waals surface area (Å²) in [5, 5.41) is 19.3. The second-order valence-electron chi connectivity index (χ2n) is 4.07. The van der Waals surface area contributed by atoms with E-state index in [0.29, 0.717) is 16.1 Å². The van der Waals surface area contributed by atoms with Crippen molar-refractivity contribution in [3.63, 3.8) is 0 Å². The number of carbonyl (C=O) groups is 1. The van der Waals surface area contributed by atoms with Crippen LogP contribution in [0.2, 0.25) is 10.0 Å². The lowest BCUT2D eigenvalue weighted by molar-refractivity contribution is 0.104. The first-order chi connectivity index (χ1) is 9.47. The Hall–Kier alpha value is -1.97. The standard InChI is InChI=1S/C15H10Cl2O3/c16-11-4-2-10(3-5-11)13(18)6-1-9-7-12(17)15(20)14(19)8-9/h1-8,19-20H/b6-1+. The van der Waals surface area contributed by atoms with E-state index in [1.165, 1.54) is 24.3 Å². The second-order valence-corrected chi connectivity index (χ2v) is 4.92. The molecule has 0 aliphatic carbocycles. The number of hydrogen-bond donors (Lipinski definition) is 2. The van der Waals surface area contributed by atoms with E-state index in [4.69, 9.17) is 23.2 Å². The second kappa shape index (κ2) is 5.99. The lowest BCUT2D eigenvalue weighted by Crippen LogP contribution is -1.93. The Kier molecular flexibility index (Phi) is 4.32. The van der Waals surface area contributed by atoms with Gasteiger partial charge in [0.2, 0.25) is 0 Å². The summed E-state index contributed by atoms with van der Waals surface area (Å²) in [6, 6.07) is 9.26. The predicted molar refractivity (Wildman–Crippen MR) is 79.6 cm³/mol. The van der Waals surface area contributed by atoms with E-state index in [-0.39, 0.29) is 22.3 Å². The first-order valence-electron chi connectivity index (χ1n) is 5.67. The number of phenols is 2. The molecule has 0 aromatic heterocycles. The molecule has 0 saturated heterocycles. The summed E-state index contributed by atoms with van der Waals surface area (Å²) in [7, 11) is 0. The zero-order chi connectivity index (χ0) is 14.7. The van der Waals surface area contributed by atoms with Crippen molar-refractivity contribution in [3.8, 4) is 11.5 Å². The van der Waals surface area contributed by atoms with Crippen molar-refractivity contribution in [1.82, 2.24) is 0 Å². The van der Waals surface area contributed by atoms with Gasteiger partial charge in [0, 0.05) is 10.6 Å². The molecule has 102 valence electrons. The Morgan fingerprint density at radius 2 is 1.70 bits per heavy atom. The first kappa shape index (κ1) is 14.4. The molecule has 2 aromatic rings. The van der Waals surface area contributed by atoms with Gasteiger partial charge in [0.25, 0.3) is 0 Å². The molecular weight excluding hydrogens is 299 g/mol. The van der Waals surface area contributed by atoms with Crippen LogP contribution in [0.4, 0.5) is 0 Å². The van der Waals surface area contributed by atoms with Crippen molar-refractivity contribution >= 4 is 35.1 Å². The lowest BCUT2D eigenvalue weighted by atomic mass is 10.1. The molecule has 2 rings (SSSR count). The summed E-state index contributed by atoms with van der Waals surface area (Å²) in [6.07, 6.45) is 2.85. The number of ketones is 1. The molecule has 0 bridgehead atoms. The van der Waals surface area contributed by atoms with E-state index in [1.54, 1.807) is 24.3 Å². The van der Waals surface area contributed by atoms with Gasteiger partial charge in [0.1, 0.15) is 0 Å². The topological polar surface area (TPSA) is 57.5 Å². The van der Waals surface area contributed by atoms with Crippen LogP contribution in [0.5, 0.6) is 11.5 Å². The van der Waals surface area contributed by atoms with Crippen LogP contribution in [-0.2, 0) is 0 Å². The molecular formula is C15H10Cl2O3. The quantitative estimate of drug-likeness (QED) is 0.505. The normalized spacial score (nSPS) is 10.9. The summed E-state index contributed by atoms with van der Waals surface area (Å²) in [5.74, 6) is -0.922. The zero-order valence-corrected chi connectivity index (χ0v) is 11.7. The Labute approximate surface area is 125 Å². The van der Waals surface area contributed by atoms with Crippen molar-refractivity contribution in [2.24, 2.45) is 0 Å². The Morgan fingerprint density at radius 3 is 2.30 bits per heavy atom. The third kappa shape index (κ3) is 3.32. The maximum atomic E-state index is 11.9. The number of allylic oxidation sites excluding steroid dienone is 1. The summed E-state index contributed by atoms with van der Waals surface area (Å²) in [4.78, 5) is 11.9. The molecule has 0 aliphatic heterocycles. The van der Waals surface area contributed by atoms with E-state index in [0.717, 1.165) is 0 Å². The van der Waals surface area contributed by atoms with E-state index in [2.05, 4.69) is 0 Å². The molecule has 0 aliphatic rings. The van der Waals surface area contributed by atoms with Crippen LogP contribution in [0.1, 0.15) is 15.9 Å². The minimum atomic E-state index is -0.382. The number of benzene rings is 2. The molecule has 20 heavy (non-hydrogen) atoms. The predicted octanol–water partition coefficient (Wildman–Crippen LogP) is 4.30. The fourth-order valence-corrected chi connectivity index (χ4v) is 1.93. The molecule has 0 fully saturated rings. The van der Waals surface area contributed by atoms with Crippen molar-refractivity contribution in [3.05, 3.63) is 63.6 Å². The summed E-state index contributed by atoms with van der Waals surface area (Å²) >= 11 is 11.5. The van der Waals surface area contributed by atoms with Crippen LogP contribution >= 0.6 is 23.2 Å². The van der Waals surface area contributed by atoms with Crippen LogP contribution in [0.3, 0.4) is 0 Å². The first-order valence-corrected chi connectivity index (χ1v) is 6.42. The molecule has 0 radical (unpaired) electrons. The van der Waals surface area contributed by atoms with Crippen LogP contribution in [0, 0.1) is 0 Å². The maximum Gasteiger partial charge on any atom is 0.185 e. The average Bonchev–Trinajstić information content (AvgIpc) is 2.42. The zero-order valence-electron chi connectivity index (χ0n) is 10.2. The lowest BCUT2D eigenvalue weighted by Gasteiger charge is -2.02. The number of halogens is 2. The molecule has 0 unspecified atom stereocenters. The monoisotopic (exact) mass is 308 g/mol. The van der Waals surface area contributed by atoms with Gasteiger partial charge in [-0.25, -0.2) is 0 Å². The van der Waals surface area contributed by atoms with Gasteiger partial charge < -0.3 is 10.2 Å². The number of hydrogen-bond acceptors (Lipinski definition) is 3. The smallest absolute Gasteiger partial charge is 0.185 e. The van der Waals surface area contributed by atoms with Crippen molar-refractivity contribution in [2.75, 3.05) is 0 Å². The van der Waals surface area contributed by atoms with E-state index >= 15 is 0 Å². The van der Waals surface area contributed by atoms with Gasteiger partial charge in [0.15, 0.2) is 17.3 Å². The third-order valence-corrected chi connectivity index (χ3v) is 3.16. The average molecular weight is 309 g/mol. The molecule has 5 heteroatoms. The fourth-order valence-electron chi connectivity index (χ4n) is 1.58. The van der Waals surface area contributed by atoms with Gasteiger partial charge in [-0.1, -0.05) is 29.3 Å². The highest BCUT2D eigenvalue weighted by atomic mass is 35.5. The van der Waals surface area contributed by atoms with Gasteiger partial charge in [-0.2, -0.15) is 0 Å². The highest BCUT2D eigenvalue weighted by Crippen LogP contribution is 2.34. The van der Waals surface area contributed by atoms with Crippen molar-refractivity contribution in [2.45, 2.75) is 0 Å². The molecule has 2 aromatic carbocycles. The van der Waals surface area contributed by atoms with Crippen LogP contribution < -0.4 is 0 Å². The van der Waals surface area contributed by atoms with Crippen LogP contribution in [0.25, 0.3) is 6.08 Å². The molecule has 3 nitrogen and oxygen atoms in total. The van der Waals surface area contributed by atoms with E-state index < -0.39 is 0 Å². The Balaban J connectivity index is 2.21. The van der Waals surface area contributed by atoms with E-state index in [9.17, 15) is 15.0 Å². The Morgan fingerprint density at radius 1 is 1.05 bits per heavy atom. The molecule has 2 N–H and O–H groups in total. The van der Waals surface area contributed by atoms with Gasteiger partial charge in [-0.15, -0.1) is 0 Å². The van der Waals surface area contributed by atoms with Crippen molar-refractivity contribution in [1.29, 1.82) is 0 Å². The summed E-state index contributed by atoms with van der Waals surface area (Å²) < 4.78 is 0. The van der Waals surface area contributed by atoms with Gasteiger partial charge in [-0.3, -0.25) is 4.79 Å². The number of phenolic OH excluding ortho intramolecular Hbond substituents is 2. The van der Waals surface area contributed by atoms with Crippen LogP contribution in [0.15, 0.2) is 42.5 Å². The van der Waals surface area contributed by atoms with Gasteiger partial charge in [0.05, 0.1) is 5.02 Å². The fraction of sp³-hybridized carbons (Fsp3) is 0. The third-order valence-electron chi connectivity index (χ3n) is 2.62. The summed E-state index contributed by atoms with van der Waals surface area (Å²) in [5.41, 5.74) is 1.01. The van der Waals surface area contributed by atoms with Gasteiger partial charge in [-0.05, 0) is 48.0 Å². The van der Waals surface area contributed by atoms with E-state index in [1.807, 2.05) is 0 Å². The molecule has 0 heterocycles. The number of rotatable bonds is 3. The van der Waals surface area contributed by atoms with Gasteiger partial charge >= 0.3 is 0 Å². The molecule has 0 atom stereocenters. The number of carbonyl (C=O) groups excluding carboxylic acids is 1. The van der Waals surface area contributed by atoms with Crippen molar-refractivity contribution < 1.29 is 15.0 Å². The minimum Gasteiger partial charge on any atom is -0.504 e. The molecule has 0 amide bonds. The Bertz CT molecular complexity index is 653. The highest BCUT2D eigenvalue weighted by Gasteiger charge is 2.06. The SMILES string of the molecule is O=C(/C=C/c1cc(O)c(O)c(Cl)c1)c1ccc(Cl)cc1.